The molecule has 0 bridgehead atoms. The molecule has 0 heterocycles. The van der Waals surface area contributed by atoms with Gasteiger partial charge in [0.25, 0.3) is 0 Å². The van der Waals surface area contributed by atoms with Crippen molar-refractivity contribution in [2.45, 2.75) is 6.42 Å². The van der Waals surface area contributed by atoms with Crippen molar-refractivity contribution in [1.82, 2.24) is 0 Å². The quantitative estimate of drug-likeness (QED) is 0.406. The molecular weight excluding hydrogens is 176 g/mol. The molecule has 5 heteroatoms. The van der Waals surface area contributed by atoms with E-state index in [-0.39, 0.29) is 12.0 Å². The number of aliphatic hydroxyl groups is 3. The fraction of sp³-hybridized carbons (Fsp3) is 0.625. The number of carbonyl (C=O) groups is 1. The fourth-order valence-electron chi connectivity index (χ4n) is 0.843. The fourth-order valence-corrected chi connectivity index (χ4v) is 0.843. The van der Waals surface area contributed by atoms with E-state index in [1.807, 2.05) is 0 Å². The zero-order valence-electron chi connectivity index (χ0n) is 7.19. The van der Waals surface area contributed by atoms with Crippen molar-refractivity contribution in [2.24, 2.45) is 5.41 Å². The van der Waals surface area contributed by atoms with Crippen molar-refractivity contribution in [2.75, 3.05) is 19.8 Å². The number of carboxylic acids is 1. The van der Waals surface area contributed by atoms with Crippen molar-refractivity contribution in [1.29, 1.82) is 0 Å². The molecule has 0 aromatic rings. The van der Waals surface area contributed by atoms with Crippen LogP contribution in [0.3, 0.4) is 0 Å². The summed E-state index contributed by atoms with van der Waals surface area (Å²) in [6, 6.07) is 0. The Morgan fingerprint density at radius 1 is 1.23 bits per heavy atom. The molecule has 0 aromatic carbocycles. The van der Waals surface area contributed by atoms with E-state index in [1.165, 1.54) is 0 Å². The molecule has 13 heavy (non-hydrogen) atoms. The molecule has 0 aliphatic rings. The number of aliphatic carboxylic acids is 1. The average Bonchev–Trinajstić information content (AvgIpc) is 2.14. The van der Waals surface area contributed by atoms with Crippen LogP contribution >= 0.6 is 0 Å². The maximum atomic E-state index is 10.3. The molecular formula is C8H13O5-. The Labute approximate surface area is 75.9 Å². The predicted octanol–water partition coefficient (Wildman–Crippen LogP) is -2.35. The summed E-state index contributed by atoms with van der Waals surface area (Å²) in [5.41, 5.74) is -1.48. The minimum atomic E-state index is -1.44. The lowest BCUT2D eigenvalue weighted by molar-refractivity contribution is -0.299. The molecule has 0 saturated heterocycles. The highest BCUT2D eigenvalue weighted by molar-refractivity contribution is 5.83. The summed E-state index contributed by atoms with van der Waals surface area (Å²) in [4.78, 5) is 10.3. The number of rotatable bonds is 6. The second kappa shape index (κ2) is 4.96. The van der Waals surface area contributed by atoms with E-state index in [2.05, 4.69) is 6.58 Å². The summed E-state index contributed by atoms with van der Waals surface area (Å²) in [5, 5.41) is 36.8. The Morgan fingerprint density at radius 3 is 1.85 bits per heavy atom. The van der Waals surface area contributed by atoms with Gasteiger partial charge in [-0.1, -0.05) is 6.58 Å². The van der Waals surface area contributed by atoms with Gasteiger partial charge in [-0.15, -0.1) is 0 Å². The number of carbonyl (C=O) groups excluding carboxylic acids is 1. The first-order valence-electron chi connectivity index (χ1n) is 3.73. The van der Waals surface area contributed by atoms with Crippen LogP contribution in [0.25, 0.3) is 0 Å². The number of aliphatic hydroxyl groups excluding tert-OH is 3. The zero-order chi connectivity index (χ0) is 10.5. The van der Waals surface area contributed by atoms with Crippen LogP contribution in [-0.2, 0) is 4.79 Å². The van der Waals surface area contributed by atoms with E-state index in [0.29, 0.717) is 0 Å². The van der Waals surface area contributed by atoms with Gasteiger partial charge in [0.1, 0.15) is 0 Å². The maximum Gasteiger partial charge on any atom is 0.0669 e. The maximum absolute atomic E-state index is 10.3. The molecule has 3 N–H and O–H groups in total. The molecule has 0 unspecified atom stereocenters. The van der Waals surface area contributed by atoms with Gasteiger partial charge in [0.2, 0.25) is 0 Å². The minimum absolute atomic E-state index is 0.196. The first-order chi connectivity index (χ1) is 6.01. The number of carboxylic acid groups (broad SMARTS) is 1. The van der Waals surface area contributed by atoms with Crippen molar-refractivity contribution < 1.29 is 25.2 Å². The monoisotopic (exact) mass is 189 g/mol. The Kier molecular flexibility index (Phi) is 4.61. The molecule has 0 aromatic heterocycles. The summed E-state index contributed by atoms with van der Waals surface area (Å²) in [7, 11) is 0. The molecule has 76 valence electrons. The van der Waals surface area contributed by atoms with Gasteiger partial charge in [0.15, 0.2) is 0 Å². The number of hydrogen-bond acceptors (Lipinski definition) is 5. The highest BCUT2D eigenvalue weighted by Gasteiger charge is 2.28. The molecule has 0 amide bonds. The van der Waals surface area contributed by atoms with Crippen LogP contribution in [0.4, 0.5) is 0 Å². The minimum Gasteiger partial charge on any atom is -0.545 e. The molecule has 0 fully saturated rings. The highest BCUT2D eigenvalue weighted by Crippen LogP contribution is 2.23. The van der Waals surface area contributed by atoms with E-state index < -0.39 is 31.2 Å². The Hall–Kier alpha value is -0.910. The van der Waals surface area contributed by atoms with Gasteiger partial charge >= 0.3 is 0 Å². The van der Waals surface area contributed by atoms with Crippen molar-refractivity contribution in [3.63, 3.8) is 0 Å². The van der Waals surface area contributed by atoms with E-state index in [9.17, 15) is 9.90 Å². The van der Waals surface area contributed by atoms with Crippen LogP contribution in [-0.4, -0.2) is 41.1 Å². The summed E-state index contributed by atoms with van der Waals surface area (Å²) in [5.74, 6) is -1.44. The molecule has 0 atom stereocenters. The molecule has 0 spiro atoms. The van der Waals surface area contributed by atoms with Crippen molar-refractivity contribution in [3.05, 3.63) is 12.2 Å². The first-order valence-corrected chi connectivity index (χ1v) is 3.73. The predicted molar refractivity (Wildman–Crippen MR) is 42.5 cm³/mol. The van der Waals surface area contributed by atoms with Crippen LogP contribution < -0.4 is 5.11 Å². The second-order valence-corrected chi connectivity index (χ2v) is 3.04. The zero-order valence-corrected chi connectivity index (χ0v) is 7.19. The third-order valence-electron chi connectivity index (χ3n) is 1.88. The lowest BCUT2D eigenvalue weighted by Crippen LogP contribution is -2.37. The van der Waals surface area contributed by atoms with E-state index >= 15 is 0 Å². The van der Waals surface area contributed by atoms with E-state index in [1.54, 1.807) is 0 Å². The average molecular weight is 189 g/mol. The summed E-state index contributed by atoms with van der Waals surface area (Å²) < 4.78 is 0. The standard InChI is InChI=1S/C8H14O5/c1-6(7(12)13)2-8(3-9,4-10)5-11/h9-11H,1-5H2,(H,12,13)/p-1. The lowest BCUT2D eigenvalue weighted by Gasteiger charge is -2.28. The Bertz CT molecular complexity index is 186. The van der Waals surface area contributed by atoms with Crippen LogP contribution in [0.2, 0.25) is 0 Å². The summed E-state index contributed by atoms with van der Waals surface area (Å²) >= 11 is 0. The Morgan fingerprint density at radius 2 is 1.62 bits per heavy atom. The molecule has 0 radical (unpaired) electrons. The van der Waals surface area contributed by atoms with Gasteiger partial charge in [-0.3, -0.25) is 0 Å². The van der Waals surface area contributed by atoms with Crippen molar-refractivity contribution in [3.8, 4) is 0 Å². The SMILES string of the molecule is C=C(CC(CO)(CO)CO)C(=O)[O-]. The summed E-state index contributed by atoms with van der Waals surface area (Å²) in [6.07, 6.45) is -0.196. The van der Waals surface area contributed by atoms with E-state index in [4.69, 9.17) is 15.3 Å². The first kappa shape index (κ1) is 12.1. The normalized spacial score (nSPS) is 11.3. The largest absolute Gasteiger partial charge is 0.545 e. The molecule has 0 rings (SSSR count). The van der Waals surface area contributed by atoms with Crippen molar-refractivity contribution >= 4 is 5.97 Å². The topological polar surface area (TPSA) is 101 Å². The van der Waals surface area contributed by atoms with Gasteiger partial charge in [0, 0.05) is 5.41 Å². The van der Waals surface area contributed by atoms with Crippen LogP contribution in [0.1, 0.15) is 6.42 Å². The molecule has 0 saturated carbocycles. The van der Waals surface area contributed by atoms with E-state index in [0.717, 1.165) is 0 Å². The van der Waals surface area contributed by atoms with Gasteiger partial charge in [-0.05, 0) is 12.0 Å². The third-order valence-corrected chi connectivity index (χ3v) is 1.88. The van der Waals surface area contributed by atoms with Gasteiger partial charge < -0.3 is 25.2 Å². The highest BCUT2D eigenvalue weighted by atomic mass is 16.4. The van der Waals surface area contributed by atoms with Crippen LogP contribution in [0, 0.1) is 5.41 Å². The van der Waals surface area contributed by atoms with Crippen LogP contribution in [0.15, 0.2) is 12.2 Å². The molecule has 0 aliphatic carbocycles. The second-order valence-electron chi connectivity index (χ2n) is 3.04. The summed E-state index contributed by atoms with van der Waals surface area (Å²) in [6.45, 7) is 1.66. The molecule has 0 aliphatic heterocycles. The Balaban J connectivity index is 4.42. The molecule has 5 nitrogen and oxygen atoms in total. The smallest absolute Gasteiger partial charge is 0.0669 e. The number of hydrogen-bond donors (Lipinski definition) is 3. The van der Waals surface area contributed by atoms with Gasteiger partial charge in [0.05, 0.1) is 25.8 Å². The third kappa shape index (κ3) is 3.14. The lowest BCUT2D eigenvalue weighted by atomic mass is 9.84. The van der Waals surface area contributed by atoms with Gasteiger partial charge in [-0.2, -0.15) is 0 Å². The van der Waals surface area contributed by atoms with Crippen LogP contribution in [0.5, 0.6) is 0 Å². The van der Waals surface area contributed by atoms with Gasteiger partial charge in [-0.25, -0.2) is 0 Å².